The Labute approximate surface area is 161 Å². The van der Waals surface area contributed by atoms with Crippen molar-refractivity contribution in [3.63, 3.8) is 0 Å². The Morgan fingerprint density at radius 3 is 2.74 bits per heavy atom. The molecule has 2 rings (SSSR count). The molecule has 150 valence electrons. The second-order valence-corrected chi connectivity index (χ2v) is 7.31. The van der Waals surface area contributed by atoms with Gasteiger partial charge in [0.05, 0.1) is 0 Å². The first-order valence-corrected chi connectivity index (χ1v) is 9.66. The molecular formula is C20H32FN5O. The molecule has 1 heterocycles. The van der Waals surface area contributed by atoms with Crippen LogP contribution in [0, 0.1) is 18.7 Å². The standard InChI is InChI=1S/C20H32FN5O/c1-14(2)19(27)23-9-10-24-20(22-4)25-17-6-5-11-26(13-17)18-8-7-16(21)12-15(18)3/h7-8,12,14,17H,5-6,9-11,13H2,1-4H3,(H,23,27)(H2,22,24,25). The van der Waals surface area contributed by atoms with Gasteiger partial charge in [0.2, 0.25) is 5.91 Å². The zero-order chi connectivity index (χ0) is 19.8. The molecule has 1 aliphatic rings. The predicted molar refractivity (Wildman–Crippen MR) is 109 cm³/mol. The van der Waals surface area contributed by atoms with Crippen LogP contribution in [0.3, 0.4) is 0 Å². The highest BCUT2D eigenvalue weighted by Crippen LogP contribution is 2.24. The highest BCUT2D eigenvalue weighted by molar-refractivity contribution is 5.80. The van der Waals surface area contributed by atoms with Gasteiger partial charge in [0, 0.05) is 50.9 Å². The SMILES string of the molecule is CN=C(NCCNC(=O)C(C)C)NC1CCCN(c2ccc(F)cc2C)C1. The van der Waals surface area contributed by atoms with Crippen molar-refractivity contribution in [1.29, 1.82) is 0 Å². The van der Waals surface area contributed by atoms with E-state index in [1.807, 2.05) is 26.8 Å². The Morgan fingerprint density at radius 1 is 1.33 bits per heavy atom. The van der Waals surface area contributed by atoms with E-state index in [9.17, 15) is 9.18 Å². The summed E-state index contributed by atoms with van der Waals surface area (Å²) in [5.74, 6) is 0.580. The molecule has 27 heavy (non-hydrogen) atoms. The summed E-state index contributed by atoms with van der Waals surface area (Å²) in [4.78, 5) is 18.2. The number of amides is 1. The quantitative estimate of drug-likeness (QED) is 0.403. The molecule has 1 amide bonds. The summed E-state index contributed by atoms with van der Waals surface area (Å²) >= 11 is 0. The smallest absolute Gasteiger partial charge is 0.222 e. The van der Waals surface area contributed by atoms with Gasteiger partial charge in [-0.25, -0.2) is 4.39 Å². The Balaban J connectivity index is 1.83. The summed E-state index contributed by atoms with van der Waals surface area (Å²) in [6.45, 7) is 8.69. The van der Waals surface area contributed by atoms with E-state index in [1.165, 1.54) is 6.07 Å². The summed E-state index contributed by atoms with van der Waals surface area (Å²) in [6.07, 6.45) is 2.12. The number of halogens is 1. The van der Waals surface area contributed by atoms with Crippen LogP contribution in [-0.2, 0) is 4.79 Å². The molecule has 0 aromatic heterocycles. The Morgan fingerprint density at radius 2 is 2.07 bits per heavy atom. The second kappa shape index (κ2) is 10.1. The molecule has 1 aromatic carbocycles. The van der Waals surface area contributed by atoms with E-state index in [0.717, 1.165) is 43.1 Å². The number of carbonyl (C=O) groups excluding carboxylic acids is 1. The molecule has 1 aromatic rings. The fraction of sp³-hybridized carbons (Fsp3) is 0.600. The lowest BCUT2D eigenvalue weighted by atomic mass is 10.0. The van der Waals surface area contributed by atoms with Gasteiger partial charge in [-0.1, -0.05) is 13.8 Å². The summed E-state index contributed by atoms with van der Waals surface area (Å²) in [6, 6.07) is 5.22. The molecule has 0 bridgehead atoms. The van der Waals surface area contributed by atoms with Crippen molar-refractivity contribution in [2.75, 3.05) is 38.1 Å². The first-order valence-electron chi connectivity index (χ1n) is 9.66. The van der Waals surface area contributed by atoms with Gasteiger partial charge in [-0.15, -0.1) is 0 Å². The minimum absolute atomic E-state index is 0.00872. The minimum atomic E-state index is -0.197. The van der Waals surface area contributed by atoms with Crippen LogP contribution in [0.15, 0.2) is 23.2 Å². The first-order chi connectivity index (χ1) is 12.9. The molecule has 7 heteroatoms. The van der Waals surface area contributed by atoms with Crippen LogP contribution < -0.4 is 20.9 Å². The number of guanidine groups is 1. The van der Waals surface area contributed by atoms with E-state index in [1.54, 1.807) is 13.1 Å². The van der Waals surface area contributed by atoms with Crippen LogP contribution in [-0.4, -0.2) is 51.1 Å². The molecule has 6 nitrogen and oxygen atoms in total. The van der Waals surface area contributed by atoms with Gasteiger partial charge in [-0.05, 0) is 43.5 Å². The average molecular weight is 378 g/mol. The topological polar surface area (TPSA) is 68.8 Å². The van der Waals surface area contributed by atoms with Crippen LogP contribution in [0.5, 0.6) is 0 Å². The molecule has 0 spiro atoms. The maximum atomic E-state index is 13.4. The zero-order valence-corrected chi connectivity index (χ0v) is 16.8. The number of aryl methyl sites for hydroxylation is 1. The summed E-state index contributed by atoms with van der Waals surface area (Å²) in [7, 11) is 1.74. The van der Waals surface area contributed by atoms with E-state index >= 15 is 0 Å². The fourth-order valence-corrected chi connectivity index (χ4v) is 3.25. The van der Waals surface area contributed by atoms with Gasteiger partial charge in [-0.2, -0.15) is 0 Å². The van der Waals surface area contributed by atoms with Gasteiger partial charge in [0.15, 0.2) is 5.96 Å². The van der Waals surface area contributed by atoms with Crippen molar-refractivity contribution < 1.29 is 9.18 Å². The van der Waals surface area contributed by atoms with Crippen molar-refractivity contribution >= 4 is 17.6 Å². The van der Waals surface area contributed by atoms with E-state index in [4.69, 9.17) is 0 Å². The van der Waals surface area contributed by atoms with E-state index < -0.39 is 0 Å². The molecule has 1 atom stereocenters. The number of carbonyl (C=O) groups is 1. The first kappa shape index (κ1) is 21.0. The Kier molecular flexibility index (Phi) is 7.88. The largest absolute Gasteiger partial charge is 0.369 e. The van der Waals surface area contributed by atoms with Gasteiger partial charge >= 0.3 is 0 Å². The van der Waals surface area contributed by atoms with Crippen LogP contribution in [0.25, 0.3) is 0 Å². The number of benzene rings is 1. The molecular weight excluding hydrogens is 345 g/mol. The van der Waals surface area contributed by atoms with E-state index in [2.05, 4.69) is 25.8 Å². The fourth-order valence-electron chi connectivity index (χ4n) is 3.25. The third-order valence-electron chi connectivity index (χ3n) is 4.73. The molecule has 1 aliphatic heterocycles. The number of nitrogens with one attached hydrogen (secondary N) is 3. The number of aliphatic imine (C=N–C) groups is 1. The number of nitrogens with zero attached hydrogens (tertiary/aromatic N) is 2. The highest BCUT2D eigenvalue weighted by atomic mass is 19.1. The van der Waals surface area contributed by atoms with Crippen molar-refractivity contribution in [2.24, 2.45) is 10.9 Å². The number of hydrogen-bond donors (Lipinski definition) is 3. The Bertz CT molecular complexity index is 662. The number of piperidine rings is 1. The van der Waals surface area contributed by atoms with Gasteiger partial charge in [0.25, 0.3) is 0 Å². The normalized spacial score (nSPS) is 17.8. The van der Waals surface area contributed by atoms with Crippen molar-refractivity contribution in [2.45, 2.75) is 39.7 Å². The lowest BCUT2D eigenvalue weighted by Crippen LogP contribution is -2.52. The second-order valence-electron chi connectivity index (χ2n) is 7.31. The lowest BCUT2D eigenvalue weighted by molar-refractivity contribution is -0.123. The molecule has 1 saturated heterocycles. The maximum absolute atomic E-state index is 13.4. The lowest BCUT2D eigenvalue weighted by Gasteiger charge is -2.36. The molecule has 1 unspecified atom stereocenters. The number of anilines is 1. The van der Waals surface area contributed by atoms with Gasteiger partial charge in [-0.3, -0.25) is 9.79 Å². The summed E-state index contributed by atoms with van der Waals surface area (Å²) in [5, 5.41) is 9.58. The van der Waals surface area contributed by atoms with Crippen LogP contribution in [0.4, 0.5) is 10.1 Å². The van der Waals surface area contributed by atoms with Crippen molar-refractivity contribution in [1.82, 2.24) is 16.0 Å². The zero-order valence-electron chi connectivity index (χ0n) is 16.8. The van der Waals surface area contributed by atoms with Crippen LogP contribution in [0.1, 0.15) is 32.3 Å². The van der Waals surface area contributed by atoms with Crippen molar-refractivity contribution in [3.8, 4) is 0 Å². The molecule has 0 radical (unpaired) electrons. The average Bonchev–Trinajstić information content (AvgIpc) is 2.64. The molecule has 1 fully saturated rings. The Hall–Kier alpha value is -2.31. The van der Waals surface area contributed by atoms with Gasteiger partial charge < -0.3 is 20.9 Å². The number of hydrogen-bond acceptors (Lipinski definition) is 3. The number of rotatable bonds is 6. The third-order valence-corrected chi connectivity index (χ3v) is 4.73. The van der Waals surface area contributed by atoms with Crippen molar-refractivity contribution in [3.05, 3.63) is 29.6 Å². The van der Waals surface area contributed by atoms with E-state index in [-0.39, 0.29) is 23.7 Å². The summed E-state index contributed by atoms with van der Waals surface area (Å²) < 4.78 is 13.4. The monoisotopic (exact) mass is 377 g/mol. The molecule has 0 saturated carbocycles. The summed E-state index contributed by atoms with van der Waals surface area (Å²) in [5.41, 5.74) is 2.04. The molecule has 0 aliphatic carbocycles. The minimum Gasteiger partial charge on any atom is -0.369 e. The van der Waals surface area contributed by atoms with Gasteiger partial charge in [0.1, 0.15) is 5.82 Å². The van der Waals surface area contributed by atoms with Crippen LogP contribution in [0.2, 0.25) is 0 Å². The van der Waals surface area contributed by atoms with Crippen LogP contribution >= 0.6 is 0 Å². The maximum Gasteiger partial charge on any atom is 0.222 e. The predicted octanol–water partition coefficient (Wildman–Crippen LogP) is 2.04. The highest BCUT2D eigenvalue weighted by Gasteiger charge is 2.22. The third kappa shape index (κ3) is 6.41. The molecule has 3 N–H and O–H groups in total. The van der Waals surface area contributed by atoms with E-state index in [0.29, 0.717) is 13.1 Å².